The van der Waals surface area contributed by atoms with Crippen LogP contribution in [-0.2, 0) is 13.0 Å². The summed E-state index contributed by atoms with van der Waals surface area (Å²) in [6.45, 7) is 4.67. The maximum absolute atomic E-state index is 17.1. The summed E-state index contributed by atoms with van der Waals surface area (Å²) in [5, 5.41) is 16.4. The van der Waals surface area contributed by atoms with Gasteiger partial charge in [0.2, 0.25) is 0 Å². The van der Waals surface area contributed by atoms with E-state index >= 15 is 4.39 Å². The summed E-state index contributed by atoms with van der Waals surface area (Å²) in [7, 11) is 0. The number of nitrogens with zero attached hydrogens (tertiary/aromatic N) is 5. The predicted octanol–water partition coefficient (Wildman–Crippen LogP) is 6.48. The molecule has 1 aliphatic carbocycles. The van der Waals surface area contributed by atoms with E-state index in [1.807, 2.05) is 24.4 Å². The molecule has 10 heteroatoms. The molecule has 4 aliphatic rings. The summed E-state index contributed by atoms with van der Waals surface area (Å²) < 4.78 is 23.6. The Morgan fingerprint density at radius 3 is 2.73 bits per heavy atom. The van der Waals surface area contributed by atoms with Crippen LogP contribution in [0.25, 0.3) is 32.8 Å². The van der Waals surface area contributed by atoms with Crippen molar-refractivity contribution in [1.82, 2.24) is 25.2 Å². The van der Waals surface area contributed by atoms with Gasteiger partial charge in [0.1, 0.15) is 17.1 Å². The van der Waals surface area contributed by atoms with Gasteiger partial charge in [-0.3, -0.25) is 9.88 Å². The summed E-state index contributed by atoms with van der Waals surface area (Å²) >= 11 is 6.97. The molecule has 0 amide bonds. The molecule has 2 N–H and O–H groups in total. The number of fused-ring (bicyclic) bond motifs is 5. The van der Waals surface area contributed by atoms with E-state index < -0.39 is 5.82 Å². The van der Waals surface area contributed by atoms with Crippen LogP contribution in [0.3, 0.4) is 0 Å². The molecule has 2 bridgehead atoms. The highest BCUT2D eigenvalue weighted by Gasteiger charge is 2.45. The Morgan fingerprint density at radius 1 is 1.10 bits per heavy atom. The molecule has 2 unspecified atom stereocenters. The normalized spacial score (nSPS) is 21.1. The molecule has 0 radical (unpaired) electrons. The van der Waals surface area contributed by atoms with E-state index in [0.717, 1.165) is 70.5 Å². The van der Waals surface area contributed by atoms with Crippen LogP contribution < -0.4 is 15.0 Å². The van der Waals surface area contributed by atoms with Gasteiger partial charge in [0.25, 0.3) is 0 Å². The highest BCUT2D eigenvalue weighted by molar-refractivity contribution is 6.35. The maximum Gasteiger partial charge on any atom is 0.319 e. The molecule has 5 heterocycles. The number of aromatic hydroxyl groups is 1. The molecule has 49 heavy (non-hydrogen) atoms. The number of pyridine rings is 1. The number of phenolic OH excluding ortho intramolecular Hbond substituents is 1. The Morgan fingerprint density at radius 2 is 1.94 bits per heavy atom. The third-order valence-corrected chi connectivity index (χ3v) is 11.1. The molecule has 1 saturated carbocycles. The predicted molar refractivity (Wildman–Crippen MR) is 190 cm³/mol. The first-order valence-corrected chi connectivity index (χ1v) is 17.5. The Hall–Kier alpha value is -4.49. The van der Waals surface area contributed by atoms with Gasteiger partial charge < -0.3 is 20.1 Å². The summed E-state index contributed by atoms with van der Waals surface area (Å²) in [5.41, 5.74) is 3.72. The molecular weight excluding hydrogens is 639 g/mol. The number of piperazine rings is 1. The lowest BCUT2D eigenvalue weighted by molar-refractivity contribution is 0.144. The van der Waals surface area contributed by atoms with Crippen molar-refractivity contribution in [3.05, 3.63) is 82.4 Å². The second-order valence-electron chi connectivity index (χ2n) is 14.2. The quantitative estimate of drug-likeness (QED) is 0.190. The highest BCUT2D eigenvalue weighted by Crippen LogP contribution is 2.48. The molecule has 2 aromatic heterocycles. The van der Waals surface area contributed by atoms with Crippen molar-refractivity contribution in [2.45, 2.75) is 50.7 Å². The van der Waals surface area contributed by atoms with E-state index in [-0.39, 0.29) is 33.3 Å². The zero-order valence-corrected chi connectivity index (χ0v) is 27.8. The SMILES string of the molecule is C#Cc1cccc2cc(O)cc(-c3c(Cl)cc4c(N5CC6CCC(C5)N6)nc(OCC5(CN6CCc7cccnc7C6)CC5)nc4c3F)c12. The number of benzene rings is 3. The molecular formula is C39H36ClFN6O2. The van der Waals surface area contributed by atoms with Crippen LogP contribution in [0.5, 0.6) is 11.8 Å². The lowest BCUT2D eigenvalue weighted by atomic mass is 9.93. The lowest BCUT2D eigenvalue weighted by Crippen LogP contribution is -2.51. The number of hydrogen-bond donors (Lipinski definition) is 2. The van der Waals surface area contributed by atoms with Crippen molar-refractivity contribution >= 4 is 39.1 Å². The van der Waals surface area contributed by atoms with Crippen LogP contribution in [0.2, 0.25) is 5.02 Å². The van der Waals surface area contributed by atoms with Crippen LogP contribution >= 0.6 is 11.6 Å². The third kappa shape index (κ3) is 5.52. The van der Waals surface area contributed by atoms with E-state index in [9.17, 15) is 5.11 Å². The Labute approximate surface area is 289 Å². The van der Waals surface area contributed by atoms with Crippen molar-refractivity contribution in [3.63, 3.8) is 0 Å². The first kappa shape index (κ1) is 30.6. The monoisotopic (exact) mass is 674 g/mol. The number of phenols is 1. The smallest absolute Gasteiger partial charge is 0.319 e. The van der Waals surface area contributed by atoms with Crippen LogP contribution in [-0.4, -0.2) is 69.8 Å². The second kappa shape index (κ2) is 11.8. The molecule has 0 spiro atoms. The number of terminal acetylenes is 1. The molecule has 2 saturated heterocycles. The molecule has 8 nitrogen and oxygen atoms in total. The average Bonchev–Trinajstić information content (AvgIpc) is 3.79. The summed E-state index contributed by atoms with van der Waals surface area (Å²) in [4.78, 5) is 19.0. The zero-order valence-electron chi connectivity index (χ0n) is 27.1. The van der Waals surface area contributed by atoms with Crippen molar-refractivity contribution in [1.29, 1.82) is 0 Å². The first-order chi connectivity index (χ1) is 23.9. The topological polar surface area (TPSA) is 86.6 Å². The van der Waals surface area contributed by atoms with Gasteiger partial charge >= 0.3 is 6.01 Å². The number of rotatable bonds is 7. The summed E-state index contributed by atoms with van der Waals surface area (Å²) in [5.74, 6) is 2.72. The lowest BCUT2D eigenvalue weighted by Gasteiger charge is -2.34. The van der Waals surface area contributed by atoms with Gasteiger partial charge in [-0.1, -0.05) is 35.7 Å². The average molecular weight is 675 g/mol. The Balaban J connectivity index is 1.10. The summed E-state index contributed by atoms with van der Waals surface area (Å²) in [6.07, 6.45) is 13.0. The molecule has 3 aliphatic heterocycles. The van der Waals surface area contributed by atoms with Gasteiger partial charge in [-0.15, -0.1) is 6.42 Å². The van der Waals surface area contributed by atoms with Crippen LogP contribution in [0.15, 0.2) is 54.7 Å². The van der Waals surface area contributed by atoms with Gasteiger partial charge in [-0.05, 0) is 78.9 Å². The van der Waals surface area contributed by atoms with Crippen molar-refractivity contribution in [2.75, 3.05) is 37.7 Å². The minimum Gasteiger partial charge on any atom is -0.508 e. The number of aromatic nitrogens is 3. The standard InChI is InChI=1S/C39H36ClFN6O2/c1-2-23-5-3-6-25-15-28(48)16-29(33(23)25)34-31(40)17-30-36(35(34)41)44-38(45-37(30)47-18-26-8-9-27(19-47)43-26)49-22-39(11-12-39)21-46-14-10-24-7-4-13-42-32(24)20-46/h1,3-7,13,15-17,26-27,43,48H,8-12,14,18-22H2. The van der Waals surface area contributed by atoms with E-state index in [2.05, 4.69) is 32.1 Å². The molecule has 9 rings (SSSR count). The fraction of sp³-hybridized carbons (Fsp3) is 0.359. The molecule has 5 aromatic rings. The zero-order chi connectivity index (χ0) is 33.3. The van der Waals surface area contributed by atoms with Crippen LogP contribution in [0, 0.1) is 23.6 Å². The number of halogens is 2. The van der Waals surface area contributed by atoms with Gasteiger partial charge in [0.15, 0.2) is 5.82 Å². The Bertz CT molecular complexity index is 2170. The first-order valence-electron chi connectivity index (χ1n) is 17.1. The fourth-order valence-electron chi connectivity index (χ4n) is 8.17. The summed E-state index contributed by atoms with van der Waals surface area (Å²) in [6, 6.07) is 15.3. The van der Waals surface area contributed by atoms with E-state index in [1.54, 1.807) is 18.2 Å². The second-order valence-corrected chi connectivity index (χ2v) is 14.6. The van der Waals surface area contributed by atoms with Crippen molar-refractivity contribution in [3.8, 4) is 35.2 Å². The van der Waals surface area contributed by atoms with E-state index in [4.69, 9.17) is 32.7 Å². The van der Waals surface area contributed by atoms with Gasteiger partial charge in [0, 0.05) is 78.3 Å². The minimum atomic E-state index is -0.603. The molecule has 248 valence electrons. The van der Waals surface area contributed by atoms with Gasteiger partial charge in [-0.25, -0.2) is 4.39 Å². The van der Waals surface area contributed by atoms with E-state index in [0.29, 0.717) is 51.8 Å². The largest absolute Gasteiger partial charge is 0.508 e. The number of hydrogen-bond acceptors (Lipinski definition) is 8. The minimum absolute atomic E-state index is 0.00524. The third-order valence-electron chi connectivity index (χ3n) is 10.8. The maximum atomic E-state index is 17.1. The number of anilines is 1. The van der Waals surface area contributed by atoms with E-state index in [1.165, 1.54) is 11.6 Å². The van der Waals surface area contributed by atoms with Crippen LogP contribution in [0.1, 0.15) is 42.5 Å². The van der Waals surface area contributed by atoms with Crippen molar-refractivity contribution < 1.29 is 14.2 Å². The number of nitrogens with one attached hydrogen (secondary N) is 1. The Kier molecular flexibility index (Phi) is 7.38. The van der Waals surface area contributed by atoms with Crippen LogP contribution in [0.4, 0.5) is 10.2 Å². The molecule has 3 fully saturated rings. The van der Waals surface area contributed by atoms with Gasteiger partial charge in [0.05, 0.1) is 17.3 Å². The number of ether oxygens (including phenoxy) is 1. The molecule has 3 aromatic carbocycles. The fourth-order valence-corrected chi connectivity index (χ4v) is 8.47. The molecule has 2 atom stereocenters. The highest BCUT2D eigenvalue weighted by atomic mass is 35.5. The van der Waals surface area contributed by atoms with Crippen molar-refractivity contribution in [2.24, 2.45) is 5.41 Å². The van der Waals surface area contributed by atoms with Gasteiger partial charge in [-0.2, -0.15) is 9.97 Å².